The fraction of sp³-hybridized carbons (Fsp3) is 0.474. The molecule has 7 nitrogen and oxygen atoms in total. The van der Waals surface area contributed by atoms with E-state index in [-0.39, 0.29) is 34.5 Å². The van der Waals surface area contributed by atoms with Crippen LogP contribution in [0, 0.1) is 5.82 Å². The second-order valence-corrected chi connectivity index (χ2v) is 7.26. The van der Waals surface area contributed by atoms with Crippen molar-refractivity contribution < 1.29 is 19.0 Å². The fourth-order valence-corrected chi connectivity index (χ4v) is 3.81. The number of hydrogen-bond acceptors (Lipinski definition) is 5. The van der Waals surface area contributed by atoms with E-state index in [1.165, 1.54) is 19.4 Å². The maximum atomic E-state index is 15.4. The number of nitrogens with zero attached hydrogens (tertiary/aromatic N) is 2. The topological polar surface area (TPSA) is 83.8 Å². The van der Waals surface area contributed by atoms with Gasteiger partial charge in [-0.1, -0.05) is 0 Å². The number of fused-ring (bicyclic) bond motifs is 1. The number of carboxylic acids is 1. The van der Waals surface area contributed by atoms with Crippen LogP contribution < -0.4 is 20.4 Å². The van der Waals surface area contributed by atoms with Crippen LogP contribution in [-0.4, -0.2) is 48.4 Å². The molecule has 27 heavy (non-hydrogen) atoms. The van der Waals surface area contributed by atoms with Gasteiger partial charge in [0.2, 0.25) is 5.43 Å². The fourth-order valence-electron chi connectivity index (χ4n) is 3.81. The number of carbonyl (C=O) groups is 1. The minimum absolute atomic E-state index is 0.00498. The normalized spacial score (nSPS) is 20.1. The van der Waals surface area contributed by atoms with Gasteiger partial charge in [-0.05, 0) is 25.8 Å². The first kappa shape index (κ1) is 17.8. The van der Waals surface area contributed by atoms with Crippen LogP contribution in [0.3, 0.4) is 0 Å². The first-order chi connectivity index (χ1) is 12.9. The quantitative estimate of drug-likeness (QED) is 0.850. The van der Waals surface area contributed by atoms with Crippen molar-refractivity contribution in [2.45, 2.75) is 31.8 Å². The highest BCUT2D eigenvalue weighted by atomic mass is 19.1. The Kier molecular flexibility index (Phi) is 4.30. The summed E-state index contributed by atoms with van der Waals surface area (Å²) >= 11 is 0. The molecule has 1 aliphatic carbocycles. The molecule has 1 aromatic carbocycles. The van der Waals surface area contributed by atoms with Crippen molar-refractivity contribution in [3.63, 3.8) is 0 Å². The predicted molar refractivity (Wildman–Crippen MR) is 99.6 cm³/mol. The zero-order chi connectivity index (χ0) is 19.3. The number of aromatic carboxylic acids is 1. The van der Waals surface area contributed by atoms with Crippen LogP contribution in [0.25, 0.3) is 10.9 Å². The molecule has 144 valence electrons. The Labute approximate surface area is 155 Å². The molecule has 1 saturated carbocycles. The molecule has 1 aliphatic heterocycles. The van der Waals surface area contributed by atoms with Crippen molar-refractivity contribution in [1.82, 2.24) is 9.88 Å². The molecule has 1 unspecified atom stereocenters. The average molecular weight is 375 g/mol. The zero-order valence-corrected chi connectivity index (χ0v) is 15.3. The van der Waals surface area contributed by atoms with Crippen LogP contribution in [0.15, 0.2) is 17.1 Å². The van der Waals surface area contributed by atoms with Gasteiger partial charge in [-0.3, -0.25) is 4.79 Å². The van der Waals surface area contributed by atoms with Gasteiger partial charge in [-0.2, -0.15) is 0 Å². The highest BCUT2D eigenvalue weighted by Crippen LogP contribution is 2.42. The standard InChI is InChI=1S/C19H22FN3O4/c1-10-8-22(6-5-21-10)14-7-12-16(18(27-2)15(14)20)23(11-3-4-11)9-13(17(12)24)19(25)26/h7,9-11,21H,3-6,8H2,1-2H3,(H,25,26). The van der Waals surface area contributed by atoms with Crippen LogP contribution in [0.4, 0.5) is 10.1 Å². The number of carboxylic acid groups (broad SMARTS) is 1. The lowest BCUT2D eigenvalue weighted by molar-refractivity contribution is 0.0695. The lowest BCUT2D eigenvalue weighted by Crippen LogP contribution is -2.49. The monoisotopic (exact) mass is 375 g/mol. The Hall–Kier alpha value is -2.61. The Balaban J connectivity index is 2.02. The van der Waals surface area contributed by atoms with Gasteiger partial charge in [0, 0.05) is 37.9 Å². The van der Waals surface area contributed by atoms with Crippen molar-refractivity contribution in [3.05, 3.63) is 33.9 Å². The van der Waals surface area contributed by atoms with Crippen LogP contribution in [0.2, 0.25) is 0 Å². The first-order valence-corrected chi connectivity index (χ1v) is 9.09. The number of pyridine rings is 1. The molecule has 1 atom stereocenters. The van der Waals surface area contributed by atoms with Gasteiger partial charge >= 0.3 is 5.97 Å². The van der Waals surface area contributed by atoms with Crippen LogP contribution in [-0.2, 0) is 0 Å². The number of hydrogen-bond donors (Lipinski definition) is 2. The second kappa shape index (κ2) is 6.53. The molecule has 0 amide bonds. The Morgan fingerprint density at radius 3 is 2.74 bits per heavy atom. The number of nitrogens with one attached hydrogen (secondary N) is 1. The van der Waals surface area contributed by atoms with Crippen molar-refractivity contribution in [3.8, 4) is 5.75 Å². The van der Waals surface area contributed by atoms with Crippen LogP contribution >= 0.6 is 0 Å². The number of methoxy groups -OCH3 is 1. The Morgan fingerprint density at radius 1 is 1.41 bits per heavy atom. The largest absolute Gasteiger partial charge is 0.491 e. The van der Waals surface area contributed by atoms with E-state index in [0.29, 0.717) is 25.2 Å². The second-order valence-electron chi connectivity index (χ2n) is 7.26. The van der Waals surface area contributed by atoms with Crippen molar-refractivity contribution in [2.24, 2.45) is 0 Å². The van der Waals surface area contributed by atoms with E-state index >= 15 is 4.39 Å². The van der Waals surface area contributed by atoms with Crippen LogP contribution in [0.1, 0.15) is 36.2 Å². The number of ether oxygens (including phenoxy) is 1. The number of piperazine rings is 1. The van der Waals surface area contributed by atoms with E-state index < -0.39 is 17.2 Å². The third-order valence-electron chi connectivity index (χ3n) is 5.28. The first-order valence-electron chi connectivity index (χ1n) is 9.09. The number of rotatable bonds is 4. The zero-order valence-electron chi connectivity index (χ0n) is 15.3. The van der Waals surface area contributed by atoms with E-state index in [1.54, 1.807) is 4.57 Å². The molecule has 2 fully saturated rings. The molecule has 0 bridgehead atoms. The highest BCUT2D eigenvalue weighted by Gasteiger charge is 2.31. The predicted octanol–water partition coefficient (Wildman–Crippen LogP) is 1.98. The van der Waals surface area contributed by atoms with Gasteiger partial charge in [-0.25, -0.2) is 9.18 Å². The summed E-state index contributed by atoms with van der Waals surface area (Å²) in [4.78, 5) is 26.3. The molecule has 4 rings (SSSR count). The maximum absolute atomic E-state index is 15.4. The minimum Gasteiger partial charge on any atom is -0.491 e. The highest BCUT2D eigenvalue weighted by molar-refractivity contribution is 5.96. The van der Waals surface area contributed by atoms with Gasteiger partial charge in [-0.15, -0.1) is 0 Å². The number of anilines is 1. The van der Waals surface area contributed by atoms with Gasteiger partial charge in [0.15, 0.2) is 11.6 Å². The summed E-state index contributed by atoms with van der Waals surface area (Å²) in [7, 11) is 1.37. The molecule has 1 saturated heterocycles. The smallest absolute Gasteiger partial charge is 0.341 e. The number of aromatic nitrogens is 1. The molecule has 2 aromatic rings. The van der Waals surface area contributed by atoms with Crippen LogP contribution in [0.5, 0.6) is 5.75 Å². The van der Waals surface area contributed by atoms with Crippen molar-refractivity contribution in [1.29, 1.82) is 0 Å². The van der Waals surface area contributed by atoms with E-state index in [1.807, 2.05) is 11.8 Å². The third kappa shape index (κ3) is 2.93. The van der Waals surface area contributed by atoms with E-state index in [0.717, 1.165) is 12.8 Å². The Bertz CT molecular complexity index is 983. The molecule has 2 aliphatic rings. The van der Waals surface area contributed by atoms with Crippen molar-refractivity contribution >= 4 is 22.6 Å². The van der Waals surface area contributed by atoms with Gasteiger partial charge in [0.05, 0.1) is 23.7 Å². The third-order valence-corrected chi connectivity index (χ3v) is 5.28. The van der Waals surface area contributed by atoms with Gasteiger partial charge in [0.1, 0.15) is 5.56 Å². The summed E-state index contributed by atoms with van der Waals surface area (Å²) in [5.74, 6) is -1.80. The number of halogens is 1. The summed E-state index contributed by atoms with van der Waals surface area (Å²) < 4.78 is 22.4. The summed E-state index contributed by atoms with van der Waals surface area (Å²) in [6, 6.07) is 1.72. The summed E-state index contributed by atoms with van der Waals surface area (Å²) in [5.41, 5.74) is -0.311. The SMILES string of the molecule is COc1c(F)c(N2CCNC(C)C2)cc2c(=O)c(C(=O)O)cn(C3CC3)c12. The Morgan fingerprint density at radius 2 is 2.15 bits per heavy atom. The average Bonchev–Trinajstić information content (AvgIpc) is 3.46. The molecule has 2 N–H and O–H groups in total. The van der Waals surface area contributed by atoms with Gasteiger partial charge < -0.3 is 24.6 Å². The molecular weight excluding hydrogens is 353 g/mol. The summed E-state index contributed by atoms with van der Waals surface area (Å²) in [5, 5.41) is 12.9. The molecule has 8 heteroatoms. The van der Waals surface area contributed by atoms with Crippen molar-refractivity contribution in [2.75, 3.05) is 31.6 Å². The van der Waals surface area contributed by atoms with E-state index in [9.17, 15) is 14.7 Å². The minimum atomic E-state index is -1.28. The maximum Gasteiger partial charge on any atom is 0.341 e. The summed E-state index contributed by atoms with van der Waals surface area (Å²) in [6.07, 6.45) is 3.04. The molecule has 2 heterocycles. The van der Waals surface area contributed by atoms with Gasteiger partial charge in [0.25, 0.3) is 0 Å². The lowest BCUT2D eigenvalue weighted by atomic mass is 10.1. The molecular formula is C19H22FN3O4. The van der Waals surface area contributed by atoms with E-state index in [2.05, 4.69) is 5.32 Å². The number of benzene rings is 1. The summed E-state index contributed by atoms with van der Waals surface area (Å²) in [6.45, 7) is 3.87. The molecule has 0 spiro atoms. The molecule has 1 aromatic heterocycles. The molecule has 0 radical (unpaired) electrons. The lowest BCUT2D eigenvalue weighted by Gasteiger charge is -2.34. The van der Waals surface area contributed by atoms with E-state index in [4.69, 9.17) is 4.74 Å².